The molecular formula is C21H22ClFN4OS. The van der Waals surface area contributed by atoms with Gasteiger partial charge in [-0.1, -0.05) is 61.5 Å². The highest BCUT2D eigenvalue weighted by molar-refractivity contribution is 7.99. The van der Waals surface area contributed by atoms with E-state index in [1.807, 2.05) is 12.1 Å². The van der Waals surface area contributed by atoms with Crippen LogP contribution in [0.5, 0.6) is 0 Å². The van der Waals surface area contributed by atoms with Crippen LogP contribution in [-0.4, -0.2) is 33.0 Å². The predicted molar refractivity (Wildman–Crippen MR) is 115 cm³/mol. The molecule has 8 heteroatoms. The molecule has 29 heavy (non-hydrogen) atoms. The average Bonchev–Trinajstić information content (AvgIpc) is 3.10. The summed E-state index contributed by atoms with van der Waals surface area (Å²) in [6, 6.07) is 13.6. The largest absolute Gasteiger partial charge is 0.355 e. The minimum absolute atomic E-state index is 0.0990. The number of aromatic nitrogens is 3. The molecule has 1 heterocycles. The Kier molecular flexibility index (Phi) is 7.28. The molecule has 1 amide bonds. The first kappa shape index (κ1) is 21.3. The molecule has 0 bridgehead atoms. The van der Waals surface area contributed by atoms with Gasteiger partial charge < -0.3 is 5.32 Å². The number of carbonyl (C=O) groups excluding carboxylic acids is 1. The molecular weight excluding hydrogens is 411 g/mol. The molecule has 0 saturated heterocycles. The number of thioether (sulfide) groups is 1. The van der Waals surface area contributed by atoms with Crippen molar-refractivity contribution < 1.29 is 9.18 Å². The van der Waals surface area contributed by atoms with Gasteiger partial charge in [0.1, 0.15) is 5.82 Å². The third-order valence-electron chi connectivity index (χ3n) is 4.22. The van der Waals surface area contributed by atoms with E-state index in [1.54, 1.807) is 34.9 Å². The van der Waals surface area contributed by atoms with E-state index < -0.39 is 5.82 Å². The fourth-order valence-corrected chi connectivity index (χ4v) is 3.71. The first-order chi connectivity index (χ1) is 14.0. The zero-order valence-corrected chi connectivity index (χ0v) is 17.8. The highest BCUT2D eigenvalue weighted by atomic mass is 35.5. The number of carbonyl (C=O) groups is 1. The summed E-state index contributed by atoms with van der Waals surface area (Å²) in [6.07, 6.45) is 0.915. The van der Waals surface area contributed by atoms with Gasteiger partial charge in [-0.05, 0) is 36.6 Å². The van der Waals surface area contributed by atoms with Crippen molar-refractivity contribution in [3.63, 3.8) is 0 Å². The fraction of sp³-hybridized carbons (Fsp3) is 0.286. The van der Waals surface area contributed by atoms with Crippen LogP contribution in [0.3, 0.4) is 0 Å². The van der Waals surface area contributed by atoms with Crippen LogP contribution in [0.2, 0.25) is 5.02 Å². The lowest BCUT2D eigenvalue weighted by atomic mass is 10.1. The molecule has 3 rings (SSSR count). The molecule has 0 spiro atoms. The Hall–Kier alpha value is -2.38. The summed E-state index contributed by atoms with van der Waals surface area (Å²) in [5.74, 6) is 0.586. The number of amides is 1. The van der Waals surface area contributed by atoms with Crippen molar-refractivity contribution in [2.24, 2.45) is 5.92 Å². The molecule has 3 aromatic rings. The van der Waals surface area contributed by atoms with E-state index in [-0.39, 0.29) is 11.7 Å². The maximum absolute atomic E-state index is 14.6. The van der Waals surface area contributed by atoms with Crippen LogP contribution in [-0.2, 0) is 4.79 Å². The maximum Gasteiger partial charge on any atom is 0.230 e. The fourth-order valence-electron chi connectivity index (χ4n) is 2.71. The molecule has 1 N–H and O–H groups in total. The van der Waals surface area contributed by atoms with Gasteiger partial charge >= 0.3 is 0 Å². The molecule has 5 nitrogen and oxygen atoms in total. The first-order valence-electron chi connectivity index (χ1n) is 9.32. The second-order valence-electron chi connectivity index (χ2n) is 6.89. The monoisotopic (exact) mass is 432 g/mol. The van der Waals surface area contributed by atoms with Gasteiger partial charge in [-0.25, -0.2) is 4.39 Å². The number of rotatable bonds is 8. The third kappa shape index (κ3) is 5.36. The Morgan fingerprint density at radius 3 is 2.62 bits per heavy atom. The van der Waals surface area contributed by atoms with Crippen molar-refractivity contribution in [2.45, 2.75) is 25.4 Å². The molecule has 0 saturated carbocycles. The van der Waals surface area contributed by atoms with E-state index in [0.29, 0.717) is 39.7 Å². The van der Waals surface area contributed by atoms with Crippen LogP contribution < -0.4 is 5.32 Å². The third-order valence-corrected chi connectivity index (χ3v) is 5.48. The number of nitrogens with one attached hydrogen (secondary N) is 1. The van der Waals surface area contributed by atoms with Gasteiger partial charge in [-0.3, -0.25) is 9.36 Å². The van der Waals surface area contributed by atoms with Crippen molar-refractivity contribution in [1.82, 2.24) is 20.1 Å². The lowest BCUT2D eigenvalue weighted by Crippen LogP contribution is -2.27. The number of hydrogen-bond donors (Lipinski definition) is 1. The quantitative estimate of drug-likeness (QED) is 0.510. The number of halogens is 2. The topological polar surface area (TPSA) is 59.8 Å². The number of nitrogens with zero attached hydrogens (tertiary/aromatic N) is 3. The van der Waals surface area contributed by atoms with Crippen molar-refractivity contribution >= 4 is 29.3 Å². The summed E-state index contributed by atoms with van der Waals surface area (Å²) >= 11 is 7.54. The van der Waals surface area contributed by atoms with E-state index in [1.165, 1.54) is 17.8 Å². The molecule has 0 radical (unpaired) electrons. The van der Waals surface area contributed by atoms with E-state index >= 15 is 0 Å². The van der Waals surface area contributed by atoms with Gasteiger partial charge in [0.05, 0.1) is 16.5 Å². The number of hydrogen-bond acceptors (Lipinski definition) is 4. The average molecular weight is 433 g/mol. The standard InChI is InChI=1S/C21H22ClFN4OS/c1-14(2)11-12-24-19(28)13-29-21-26-25-20(15-7-3-4-8-16(15)22)27(21)18-10-6-5-9-17(18)23/h3-10,14H,11-13H2,1-2H3,(H,24,28). The van der Waals surface area contributed by atoms with Crippen molar-refractivity contribution in [3.05, 3.63) is 59.4 Å². The SMILES string of the molecule is CC(C)CCNC(=O)CSc1nnc(-c2ccccc2Cl)n1-c1ccccc1F. The molecule has 0 fully saturated rings. The smallest absolute Gasteiger partial charge is 0.230 e. The van der Waals surface area contributed by atoms with Crippen LogP contribution in [0.15, 0.2) is 53.7 Å². The number of benzene rings is 2. The van der Waals surface area contributed by atoms with Crippen LogP contribution >= 0.6 is 23.4 Å². The van der Waals surface area contributed by atoms with Crippen LogP contribution in [0, 0.1) is 11.7 Å². The van der Waals surface area contributed by atoms with Crippen LogP contribution in [0.4, 0.5) is 4.39 Å². The Labute approximate surface area is 178 Å². The molecule has 0 atom stereocenters. The molecule has 0 aliphatic carbocycles. The first-order valence-corrected chi connectivity index (χ1v) is 10.7. The molecule has 0 aliphatic heterocycles. The highest BCUT2D eigenvalue weighted by Gasteiger charge is 2.20. The van der Waals surface area contributed by atoms with Crippen molar-refractivity contribution in [1.29, 1.82) is 0 Å². The molecule has 152 valence electrons. The molecule has 2 aromatic carbocycles. The van der Waals surface area contributed by atoms with E-state index in [9.17, 15) is 9.18 Å². The van der Waals surface area contributed by atoms with Crippen LogP contribution in [0.1, 0.15) is 20.3 Å². The summed E-state index contributed by atoms with van der Waals surface area (Å²) in [4.78, 5) is 12.2. The van der Waals surface area contributed by atoms with Gasteiger partial charge in [-0.15, -0.1) is 10.2 Å². The Balaban J connectivity index is 1.89. The second-order valence-corrected chi connectivity index (χ2v) is 8.24. The normalized spacial score (nSPS) is 11.1. The van der Waals surface area contributed by atoms with Gasteiger partial charge in [0, 0.05) is 12.1 Å². The highest BCUT2D eigenvalue weighted by Crippen LogP contribution is 2.32. The Morgan fingerprint density at radius 2 is 1.90 bits per heavy atom. The number of para-hydroxylation sites is 1. The molecule has 0 unspecified atom stereocenters. The van der Waals surface area contributed by atoms with E-state index in [2.05, 4.69) is 29.4 Å². The molecule has 0 aliphatic rings. The zero-order chi connectivity index (χ0) is 20.8. The molecule has 1 aromatic heterocycles. The minimum Gasteiger partial charge on any atom is -0.355 e. The second kappa shape index (κ2) is 9.89. The summed E-state index contributed by atoms with van der Waals surface area (Å²) < 4.78 is 16.2. The minimum atomic E-state index is -0.413. The maximum atomic E-state index is 14.6. The van der Waals surface area contributed by atoms with E-state index in [0.717, 1.165) is 6.42 Å². The van der Waals surface area contributed by atoms with Gasteiger partial charge in [-0.2, -0.15) is 0 Å². The summed E-state index contributed by atoms with van der Waals surface area (Å²) in [5.41, 5.74) is 0.938. The Bertz CT molecular complexity index is 992. The van der Waals surface area contributed by atoms with Gasteiger partial charge in [0.15, 0.2) is 11.0 Å². The summed E-state index contributed by atoms with van der Waals surface area (Å²) in [7, 11) is 0. The zero-order valence-electron chi connectivity index (χ0n) is 16.2. The van der Waals surface area contributed by atoms with Gasteiger partial charge in [0.2, 0.25) is 5.91 Å². The van der Waals surface area contributed by atoms with Crippen molar-refractivity contribution in [2.75, 3.05) is 12.3 Å². The van der Waals surface area contributed by atoms with Crippen molar-refractivity contribution in [3.8, 4) is 17.1 Å². The van der Waals surface area contributed by atoms with Crippen LogP contribution in [0.25, 0.3) is 17.1 Å². The lowest BCUT2D eigenvalue weighted by molar-refractivity contribution is -0.118. The van der Waals surface area contributed by atoms with Gasteiger partial charge in [0.25, 0.3) is 0 Å². The predicted octanol–water partition coefficient (Wildman–Crippen LogP) is 4.98. The van der Waals surface area contributed by atoms with E-state index in [4.69, 9.17) is 11.6 Å². The summed E-state index contributed by atoms with van der Waals surface area (Å²) in [5, 5.41) is 12.2. The Morgan fingerprint density at radius 1 is 1.17 bits per heavy atom. The lowest BCUT2D eigenvalue weighted by Gasteiger charge is -2.12. The summed E-state index contributed by atoms with van der Waals surface area (Å²) in [6.45, 7) is 4.84.